The molecular formula is C28H41F2N5O. The van der Waals surface area contributed by atoms with E-state index in [1.165, 1.54) is 18.9 Å². The second-order valence-electron chi connectivity index (χ2n) is 11.7. The number of nitrogens with zero attached hydrogens (tertiary/aromatic N) is 3. The van der Waals surface area contributed by atoms with Crippen LogP contribution in [0.25, 0.3) is 0 Å². The molecule has 0 bridgehead atoms. The number of nitrogens with one attached hydrogen (secondary N) is 2. The number of imidazole rings is 1. The molecule has 8 heteroatoms. The van der Waals surface area contributed by atoms with Crippen molar-refractivity contribution in [2.24, 2.45) is 0 Å². The van der Waals surface area contributed by atoms with Gasteiger partial charge in [0.1, 0.15) is 11.6 Å². The van der Waals surface area contributed by atoms with Gasteiger partial charge >= 0.3 is 0 Å². The maximum Gasteiger partial charge on any atom is 0.242 e. The van der Waals surface area contributed by atoms with Crippen LogP contribution in [0.4, 0.5) is 14.6 Å². The largest absolute Gasteiger partial charge is 0.328 e. The average Bonchev–Trinajstić information content (AvgIpc) is 3.46. The number of carbonyl (C=O) groups excluding carboxylic acids is 1. The molecule has 2 aromatic rings. The van der Waals surface area contributed by atoms with E-state index in [1.807, 2.05) is 27.0 Å². The maximum atomic E-state index is 14.8. The predicted molar refractivity (Wildman–Crippen MR) is 139 cm³/mol. The minimum atomic E-state index is -0.585. The summed E-state index contributed by atoms with van der Waals surface area (Å²) in [5.74, 6) is -0.660. The van der Waals surface area contributed by atoms with Crippen molar-refractivity contribution in [1.82, 2.24) is 19.8 Å². The maximum absolute atomic E-state index is 14.8. The molecule has 1 aromatic heterocycles. The van der Waals surface area contributed by atoms with E-state index < -0.39 is 23.1 Å². The highest BCUT2D eigenvalue weighted by molar-refractivity contribution is 5.94. The molecule has 1 aromatic carbocycles. The highest BCUT2D eigenvalue weighted by Gasteiger charge is 2.40. The van der Waals surface area contributed by atoms with E-state index in [0.717, 1.165) is 32.1 Å². The van der Waals surface area contributed by atoms with Gasteiger partial charge in [-0.1, -0.05) is 27.2 Å². The number of hydrogen-bond acceptors (Lipinski definition) is 4. The van der Waals surface area contributed by atoms with Gasteiger partial charge in [0.05, 0.1) is 17.9 Å². The van der Waals surface area contributed by atoms with E-state index in [2.05, 4.69) is 38.9 Å². The first-order chi connectivity index (χ1) is 17.0. The summed E-state index contributed by atoms with van der Waals surface area (Å²) in [6.07, 6.45) is 8.95. The summed E-state index contributed by atoms with van der Waals surface area (Å²) in [7, 11) is 0. The molecule has 2 atom stereocenters. The molecule has 0 radical (unpaired) electrons. The lowest BCUT2D eigenvalue weighted by molar-refractivity contribution is -0.118. The van der Waals surface area contributed by atoms with Crippen LogP contribution in [-0.4, -0.2) is 52.1 Å². The second-order valence-corrected chi connectivity index (χ2v) is 11.7. The molecule has 2 heterocycles. The quantitative estimate of drug-likeness (QED) is 0.509. The molecule has 198 valence electrons. The van der Waals surface area contributed by atoms with E-state index in [1.54, 1.807) is 6.33 Å². The summed E-state index contributed by atoms with van der Waals surface area (Å²) < 4.78 is 30.7. The van der Waals surface area contributed by atoms with Gasteiger partial charge in [-0.3, -0.25) is 4.79 Å². The Morgan fingerprint density at radius 2 is 1.97 bits per heavy atom. The van der Waals surface area contributed by atoms with E-state index in [0.29, 0.717) is 36.2 Å². The number of benzene rings is 1. The number of amides is 1. The minimum absolute atomic E-state index is 0.121. The van der Waals surface area contributed by atoms with Crippen molar-refractivity contribution in [3.8, 4) is 0 Å². The third kappa shape index (κ3) is 5.65. The van der Waals surface area contributed by atoms with Crippen LogP contribution in [0.3, 0.4) is 0 Å². The van der Waals surface area contributed by atoms with Gasteiger partial charge in [-0.05, 0) is 76.2 Å². The van der Waals surface area contributed by atoms with Gasteiger partial charge in [0.25, 0.3) is 0 Å². The van der Waals surface area contributed by atoms with E-state index in [-0.39, 0.29) is 17.5 Å². The number of aryl methyl sites for hydroxylation is 1. The van der Waals surface area contributed by atoms with Gasteiger partial charge in [-0.2, -0.15) is 0 Å². The topological polar surface area (TPSA) is 62.2 Å². The number of halogens is 2. The molecular weight excluding hydrogens is 460 g/mol. The van der Waals surface area contributed by atoms with Crippen LogP contribution in [0.1, 0.15) is 77.8 Å². The van der Waals surface area contributed by atoms with Crippen molar-refractivity contribution >= 4 is 11.7 Å². The number of likely N-dealkylation sites (tertiary alicyclic amines) is 1. The van der Waals surface area contributed by atoms with Gasteiger partial charge in [0.2, 0.25) is 5.91 Å². The Balaban J connectivity index is 1.45. The summed E-state index contributed by atoms with van der Waals surface area (Å²) in [5, 5.41) is 6.52. The fourth-order valence-electron chi connectivity index (χ4n) is 6.00. The second kappa shape index (κ2) is 10.6. The first-order valence-electron chi connectivity index (χ1n) is 13.3. The van der Waals surface area contributed by atoms with Crippen molar-refractivity contribution in [2.75, 3.05) is 25.0 Å². The predicted octanol–water partition coefficient (Wildman–Crippen LogP) is 4.98. The summed E-state index contributed by atoms with van der Waals surface area (Å²) in [4.78, 5) is 20.3. The third-order valence-electron chi connectivity index (χ3n) is 7.99. The third-order valence-corrected chi connectivity index (χ3v) is 7.99. The lowest BCUT2D eigenvalue weighted by Crippen LogP contribution is -2.55. The SMILES string of the molecule is CCCC(NC1CCc2cc(F)cc(F)c2C1(C)C)C(=O)Nc1cn(C(C)(C)CN2CCCC2)cn1. The molecule has 2 N–H and O–H groups in total. The lowest BCUT2D eigenvalue weighted by Gasteiger charge is -2.42. The van der Waals surface area contributed by atoms with Crippen molar-refractivity contribution in [2.45, 2.75) is 96.2 Å². The monoisotopic (exact) mass is 501 g/mol. The normalized spacial score (nSPS) is 20.8. The Morgan fingerprint density at radius 3 is 2.67 bits per heavy atom. The number of hydrogen-bond donors (Lipinski definition) is 2. The minimum Gasteiger partial charge on any atom is -0.328 e. The van der Waals surface area contributed by atoms with Gasteiger partial charge in [-0.15, -0.1) is 0 Å². The highest BCUT2D eigenvalue weighted by Crippen LogP contribution is 2.39. The number of fused-ring (bicyclic) bond motifs is 1. The molecule has 2 unspecified atom stereocenters. The van der Waals surface area contributed by atoms with Crippen molar-refractivity contribution in [1.29, 1.82) is 0 Å². The first-order valence-corrected chi connectivity index (χ1v) is 13.3. The number of anilines is 1. The van der Waals surface area contributed by atoms with Crippen LogP contribution in [0.2, 0.25) is 0 Å². The first kappa shape index (κ1) is 26.7. The summed E-state index contributed by atoms with van der Waals surface area (Å²) in [6.45, 7) is 13.6. The zero-order chi connectivity index (χ0) is 26.1. The van der Waals surface area contributed by atoms with Crippen LogP contribution in [0, 0.1) is 11.6 Å². The van der Waals surface area contributed by atoms with Crippen LogP contribution in [0.5, 0.6) is 0 Å². The Hall–Kier alpha value is -2.32. The fourth-order valence-corrected chi connectivity index (χ4v) is 6.00. The number of rotatable bonds is 9. The Labute approximate surface area is 213 Å². The van der Waals surface area contributed by atoms with Gasteiger partial charge in [0, 0.05) is 30.3 Å². The smallest absolute Gasteiger partial charge is 0.242 e. The highest BCUT2D eigenvalue weighted by atomic mass is 19.1. The van der Waals surface area contributed by atoms with Gasteiger partial charge in [0.15, 0.2) is 5.82 Å². The lowest BCUT2D eigenvalue weighted by atomic mass is 9.68. The standard InChI is InChI=1S/C28H41F2N5O/c1-6-9-22(32-23-11-10-19-14-20(29)15-21(30)25(19)28(23,4)5)26(36)33-24-16-35(18-31-24)27(2,3)17-34-12-7-8-13-34/h14-16,18,22-23,32H,6-13,17H2,1-5H3,(H,33,36). The Bertz CT molecular complexity index is 1070. The van der Waals surface area contributed by atoms with E-state index in [9.17, 15) is 13.6 Å². The van der Waals surface area contributed by atoms with Gasteiger partial charge in [-0.25, -0.2) is 13.8 Å². The molecule has 4 rings (SSSR count). The van der Waals surface area contributed by atoms with Crippen molar-refractivity contribution in [3.05, 3.63) is 47.4 Å². The molecule has 1 amide bonds. The molecule has 0 saturated carbocycles. The summed E-state index contributed by atoms with van der Waals surface area (Å²) in [5.41, 5.74) is 0.542. The molecule has 2 aliphatic rings. The molecule has 36 heavy (non-hydrogen) atoms. The Kier molecular flexibility index (Phi) is 7.86. The van der Waals surface area contributed by atoms with Crippen LogP contribution in [0.15, 0.2) is 24.7 Å². The molecule has 1 fully saturated rings. The molecule has 0 spiro atoms. The summed E-state index contributed by atoms with van der Waals surface area (Å²) >= 11 is 0. The zero-order valence-corrected chi connectivity index (χ0v) is 22.3. The molecule has 1 aliphatic carbocycles. The number of carbonyl (C=O) groups is 1. The van der Waals surface area contributed by atoms with Crippen molar-refractivity contribution in [3.63, 3.8) is 0 Å². The zero-order valence-electron chi connectivity index (χ0n) is 22.3. The average molecular weight is 502 g/mol. The van der Waals surface area contributed by atoms with E-state index in [4.69, 9.17) is 0 Å². The molecule has 1 saturated heterocycles. The summed E-state index contributed by atoms with van der Waals surface area (Å²) in [6, 6.07) is 1.84. The van der Waals surface area contributed by atoms with Crippen LogP contribution in [-0.2, 0) is 22.2 Å². The molecule has 1 aliphatic heterocycles. The molecule has 6 nitrogen and oxygen atoms in total. The Morgan fingerprint density at radius 1 is 1.25 bits per heavy atom. The van der Waals surface area contributed by atoms with Gasteiger partial charge < -0.3 is 20.1 Å². The van der Waals surface area contributed by atoms with E-state index >= 15 is 0 Å². The fraction of sp³-hybridized carbons (Fsp3) is 0.643. The van der Waals surface area contributed by atoms with Crippen molar-refractivity contribution < 1.29 is 13.6 Å². The van der Waals surface area contributed by atoms with Crippen LogP contribution < -0.4 is 10.6 Å². The number of aromatic nitrogens is 2. The van der Waals surface area contributed by atoms with Crippen LogP contribution >= 0.6 is 0 Å².